The van der Waals surface area contributed by atoms with Crippen LogP contribution in [0.2, 0.25) is 0 Å². The van der Waals surface area contributed by atoms with Gasteiger partial charge in [-0.3, -0.25) is 0 Å². The third-order valence-corrected chi connectivity index (χ3v) is 2.50. The van der Waals surface area contributed by atoms with E-state index in [4.69, 9.17) is 0 Å². The van der Waals surface area contributed by atoms with Gasteiger partial charge in [0.2, 0.25) is 0 Å². The van der Waals surface area contributed by atoms with E-state index in [1.807, 2.05) is 0 Å². The Kier molecular flexibility index (Phi) is 5.31. The van der Waals surface area contributed by atoms with E-state index >= 15 is 0 Å². The van der Waals surface area contributed by atoms with Crippen molar-refractivity contribution in [3.63, 3.8) is 0 Å². The summed E-state index contributed by atoms with van der Waals surface area (Å²) in [6, 6.07) is 10.6. The van der Waals surface area contributed by atoms with Gasteiger partial charge in [0.1, 0.15) is 11.6 Å². The van der Waals surface area contributed by atoms with Gasteiger partial charge in [0.25, 0.3) is 0 Å². The summed E-state index contributed by atoms with van der Waals surface area (Å²) in [5.74, 6) is -0.698. The standard InChI is InChI=1S/C15H12F2N4O/c16-13-5-1-11(2-6-13)9-18-20-15(22)21-19-10-12-3-7-14(17)8-4-12/h1-10H,(H2,20,21,22)/b18-9+,19-10+. The average Bonchev–Trinajstić information content (AvgIpc) is 2.51. The molecule has 2 N–H and O–H groups in total. The van der Waals surface area contributed by atoms with Crippen LogP contribution < -0.4 is 10.9 Å². The lowest BCUT2D eigenvalue weighted by Gasteiger charge is -1.98. The minimum atomic E-state index is -0.642. The van der Waals surface area contributed by atoms with Gasteiger partial charge in [-0.25, -0.2) is 24.4 Å². The molecule has 0 saturated heterocycles. The van der Waals surface area contributed by atoms with Gasteiger partial charge in [-0.05, 0) is 35.4 Å². The first-order valence-electron chi connectivity index (χ1n) is 6.27. The fourth-order valence-corrected chi connectivity index (χ4v) is 1.45. The topological polar surface area (TPSA) is 65.8 Å². The number of hydrazone groups is 2. The van der Waals surface area contributed by atoms with Gasteiger partial charge in [0, 0.05) is 0 Å². The molecular formula is C15H12F2N4O. The first-order chi connectivity index (χ1) is 10.6. The summed E-state index contributed by atoms with van der Waals surface area (Å²) in [7, 11) is 0. The van der Waals surface area contributed by atoms with Crippen molar-refractivity contribution in [3.05, 3.63) is 71.3 Å². The van der Waals surface area contributed by atoms with Crippen molar-refractivity contribution in [1.82, 2.24) is 10.9 Å². The van der Waals surface area contributed by atoms with Crippen molar-refractivity contribution < 1.29 is 13.6 Å². The van der Waals surface area contributed by atoms with Crippen LogP contribution in [-0.2, 0) is 0 Å². The second kappa shape index (κ2) is 7.63. The number of carbonyl (C=O) groups excluding carboxylic acids is 1. The van der Waals surface area contributed by atoms with Crippen molar-refractivity contribution in [1.29, 1.82) is 0 Å². The van der Waals surface area contributed by atoms with Crippen LogP contribution in [0.15, 0.2) is 58.7 Å². The van der Waals surface area contributed by atoms with Crippen molar-refractivity contribution in [3.8, 4) is 0 Å². The normalized spacial score (nSPS) is 11.0. The lowest BCUT2D eigenvalue weighted by atomic mass is 10.2. The molecule has 2 aromatic rings. The summed E-state index contributed by atoms with van der Waals surface area (Å²) in [6.45, 7) is 0. The number of benzene rings is 2. The lowest BCUT2D eigenvalue weighted by Crippen LogP contribution is -2.28. The van der Waals surface area contributed by atoms with E-state index in [9.17, 15) is 13.6 Å². The molecular weight excluding hydrogens is 290 g/mol. The quantitative estimate of drug-likeness (QED) is 0.662. The molecule has 0 fully saturated rings. The Bertz CT molecular complexity index is 622. The number of urea groups is 1. The fourth-order valence-electron chi connectivity index (χ4n) is 1.45. The fraction of sp³-hybridized carbons (Fsp3) is 0. The number of nitrogens with zero attached hydrogens (tertiary/aromatic N) is 2. The second-order valence-corrected chi connectivity index (χ2v) is 4.17. The highest BCUT2D eigenvalue weighted by Gasteiger charge is 1.95. The SMILES string of the molecule is O=C(N/N=C/c1ccc(F)cc1)N/N=C/c1ccc(F)cc1. The average molecular weight is 302 g/mol. The highest BCUT2D eigenvalue weighted by molar-refractivity contribution is 5.83. The van der Waals surface area contributed by atoms with Crippen molar-refractivity contribution >= 4 is 18.5 Å². The first kappa shape index (κ1) is 15.3. The molecule has 0 aliphatic heterocycles. The van der Waals surface area contributed by atoms with Gasteiger partial charge in [-0.15, -0.1) is 0 Å². The van der Waals surface area contributed by atoms with Gasteiger partial charge in [-0.1, -0.05) is 24.3 Å². The monoisotopic (exact) mass is 302 g/mol. The maximum Gasteiger partial charge on any atom is 0.355 e. The molecule has 0 aliphatic rings. The number of hydrogen-bond donors (Lipinski definition) is 2. The highest BCUT2D eigenvalue weighted by atomic mass is 19.1. The summed E-state index contributed by atoms with van der Waals surface area (Å²) in [5, 5.41) is 7.35. The molecule has 7 heteroatoms. The van der Waals surface area contributed by atoms with Crippen LogP contribution in [0.5, 0.6) is 0 Å². The number of hydrogen-bond acceptors (Lipinski definition) is 3. The Labute approximate surface area is 125 Å². The van der Waals surface area contributed by atoms with Crippen LogP contribution in [0.1, 0.15) is 11.1 Å². The number of amides is 2. The maximum absolute atomic E-state index is 12.7. The number of halogens is 2. The Balaban J connectivity index is 1.78. The van der Waals surface area contributed by atoms with E-state index in [-0.39, 0.29) is 11.6 Å². The van der Waals surface area contributed by atoms with Crippen LogP contribution in [0, 0.1) is 11.6 Å². The molecule has 2 amide bonds. The zero-order valence-electron chi connectivity index (χ0n) is 11.3. The molecule has 0 unspecified atom stereocenters. The molecule has 0 radical (unpaired) electrons. The molecule has 0 saturated carbocycles. The molecule has 2 rings (SSSR count). The van der Waals surface area contributed by atoms with Crippen LogP contribution in [0.4, 0.5) is 13.6 Å². The number of nitrogens with one attached hydrogen (secondary N) is 2. The van der Waals surface area contributed by atoms with E-state index in [2.05, 4.69) is 21.1 Å². The van der Waals surface area contributed by atoms with Gasteiger partial charge >= 0.3 is 6.03 Å². The van der Waals surface area contributed by atoms with Gasteiger partial charge in [-0.2, -0.15) is 10.2 Å². The highest BCUT2D eigenvalue weighted by Crippen LogP contribution is 2.00. The van der Waals surface area contributed by atoms with Gasteiger partial charge in [0.05, 0.1) is 12.4 Å². The number of carbonyl (C=O) groups is 1. The second-order valence-electron chi connectivity index (χ2n) is 4.17. The van der Waals surface area contributed by atoms with E-state index in [0.717, 1.165) is 0 Å². The molecule has 2 aromatic carbocycles. The zero-order valence-corrected chi connectivity index (χ0v) is 11.3. The van der Waals surface area contributed by atoms with Crippen molar-refractivity contribution in [2.75, 3.05) is 0 Å². The minimum Gasteiger partial charge on any atom is -0.245 e. The Hall–Kier alpha value is -3.09. The van der Waals surface area contributed by atoms with E-state index in [1.165, 1.54) is 61.0 Å². The van der Waals surface area contributed by atoms with E-state index in [0.29, 0.717) is 11.1 Å². The van der Waals surface area contributed by atoms with E-state index < -0.39 is 6.03 Å². The summed E-state index contributed by atoms with van der Waals surface area (Å²) in [6.07, 6.45) is 2.73. The van der Waals surface area contributed by atoms with Crippen LogP contribution in [0.3, 0.4) is 0 Å². The smallest absolute Gasteiger partial charge is 0.245 e. The van der Waals surface area contributed by atoms with E-state index in [1.54, 1.807) is 0 Å². The largest absolute Gasteiger partial charge is 0.355 e. The lowest BCUT2D eigenvalue weighted by molar-refractivity contribution is 0.242. The Morgan fingerprint density at radius 2 is 1.14 bits per heavy atom. The molecule has 5 nitrogen and oxygen atoms in total. The van der Waals surface area contributed by atoms with Crippen molar-refractivity contribution in [2.45, 2.75) is 0 Å². The Morgan fingerprint density at radius 1 is 0.773 bits per heavy atom. The molecule has 0 heterocycles. The third-order valence-electron chi connectivity index (χ3n) is 2.50. The predicted octanol–water partition coefficient (Wildman–Crippen LogP) is 2.63. The first-order valence-corrected chi connectivity index (χ1v) is 6.27. The molecule has 0 atom stereocenters. The summed E-state index contributed by atoms with van der Waals surface area (Å²) in [5.41, 5.74) is 5.66. The maximum atomic E-state index is 12.7. The third kappa shape index (κ3) is 5.12. The molecule has 0 aliphatic carbocycles. The van der Waals surface area contributed by atoms with Gasteiger partial charge < -0.3 is 0 Å². The summed E-state index contributed by atoms with van der Waals surface area (Å²) >= 11 is 0. The van der Waals surface area contributed by atoms with Crippen molar-refractivity contribution in [2.24, 2.45) is 10.2 Å². The van der Waals surface area contributed by atoms with Crippen LogP contribution in [0.25, 0.3) is 0 Å². The number of rotatable bonds is 4. The Morgan fingerprint density at radius 3 is 1.50 bits per heavy atom. The minimum absolute atomic E-state index is 0.349. The van der Waals surface area contributed by atoms with Gasteiger partial charge in [0.15, 0.2) is 0 Å². The molecule has 112 valence electrons. The molecule has 0 aromatic heterocycles. The molecule has 0 bridgehead atoms. The van der Waals surface area contributed by atoms with Crippen LogP contribution >= 0.6 is 0 Å². The predicted molar refractivity (Wildman–Crippen MR) is 79.7 cm³/mol. The summed E-state index contributed by atoms with van der Waals surface area (Å²) in [4.78, 5) is 11.4. The summed E-state index contributed by atoms with van der Waals surface area (Å²) < 4.78 is 25.4. The zero-order chi connectivity index (χ0) is 15.8. The van der Waals surface area contributed by atoms with Crippen LogP contribution in [-0.4, -0.2) is 18.5 Å². The molecule has 22 heavy (non-hydrogen) atoms. The molecule has 0 spiro atoms.